The molecule has 0 aliphatic rings. The molecule has 2 atom stereocenters. The van der Waals surface area contributed by atoms with Gasteiger partial charge in [-0.2, -0.15) is 0 Å². The summed E-state index contributed by atoms with van der Waals surface area (Å²) in [7, 11) is 0. The van der Waals surface area contributed by atoms with Gasteiger partial charge >= 0.3 is 0 Å². The minimum absolute atomic E-state index is 0.401. The first-order valence-corrected chi connectivity index (χ1v) is 13.4. The molecule has 0 spiro atoms. The van der Waals surface area contributed by atoms with Gasteiger partial charge in [-0.15, -0.1) is 0 Å². The summed E-state index contributed by atoms with van der Waals surface area (Å²) in [6.45, 7) is 5.49. The zero-order valence-electron chi connectivity index (χ0n) is 21.4. The van der Waals surface area contributed by atoms with Gasteiger partial charge in [-0.25, -0.2) is 0 Å². The third-order valence-corrected chi connectivity index (χ3v) is 5.21. The topological polar surface area (TPSA) is 61.8 Å². The maximum absolute atomic E-state index is 10.3. The normalized spacial score (nSPS) is 13.6. The van der Waals surface area contributed by atoms with E-state index in [4.69, 9.17) is 14.2 Å². The van der Waals surface area contributed by atoms with Crippen molar-refractivity contribution in [2.45, 2.75) is 129 Å². The Morgan fingerprint density at radius 1 is 0.545 bits per heavy atom. The average molecular weight is 467 g/mol. The Balaban J connectivity index is 4.36. The number of carbonyl (C=O) groups excluding carboxylic acids is 2. The molecule has 0 aliphatic heterocycles. The molecule has 5 heteroatoms. The second-order valence-corrected chi connectivity index (χ2v) is 8.49. The molecule has 0 aromatic heterocycles. The van der Waals surface area contributed by atoms with Crippen LogP contribution in [0.2, 0.25) is 0 Å². The molecule has 0 saturated heterocycles. The maximum atomic E-state index is 10.3. The molecule has 0 bridgehead atoms. The van der Waals surface area contributed by atoms with Gasteiger partial charge in [-0.1, -0.05) is 64.5 Å². The van der Waals surface area contributed by atoms with Crippen molar-refractivity contribution in [3.63, 3.8) is 0 Å². The Hall–Kier alpha value is -1.30. The van der Waals surface area contributed by atoms with Crippen molar-refractivity contribution in [1.82, 2.24) is 0 Å². The lowest BCUT2D eigenvalue weighted by atomic mass is 10.1. The number of hydrogen-bond donors (Lipinski definition) is 0. The Labute approximate surface area is 203 Å². The zero-order chi connectivity index (χ0) is 24.2. The predicted octanol–water partition coefficient (Wildman–Crippen LogP) is 7.48. The molecular weight excluding hydrogens is 416 g/mol. The van der Waals surface area contributed by atoms with Crippen molar-refractivity contribution in [2.75, 3.05) is 13.2 Å². The quantitative estimate of drug-likeness (QED) is 0.0572. The highest BCUT2D eigenvalue weighted by atomic mass is 16.8. The van der Waals surface area contributed by atoms with Gasteiger partial charge < -0.3 is 23.8 Å². The monoisotopic (exact) mass is 466 g/mol. The Bertz CT molecular complexity index is 433. The van der Waals surface area contributed by atoms with Crippen molar-refractivity contribution in [3.05, 3.63) is 24.3 Å². The van der Waals surface area contributed by atoms with Crippen LogP contribution in [0.4, 0.5) is 0 Å². The Morgan fingerprint density at radius 2 is 0.909 bits per heavy atom. The highest BCUT2D eigenvalue weighted by molar-refractivity contribution is 5.49. The molecule has 0 amide bonds. The van der Waals surface area contributed by atoms with E-state index in [1.807, 2.05) is 12.2 Å². The number of rotatable bonds is 26. The molecule has 0 fully saturated rings. The fraction of sp³-hybridized carbons (Fsp3) is 0.786. The number of carbonyl (C=O) groups is 2. The molecule has 0 aromatic carbocycles. The molecule has 192 valence electrons. The smallest absolute Gasteiger partial charge is 0.180 e. The van der Waals surface area contributed by atoms with Gasteiger partial charge in [0, 0.05) is 26.1 Å². The van der Waals surface area contributed by atoms with Crippen LogP contribution in [0.3, 0.4) is 0 Å². The van der Waals surface area contributed by atoms with Crippen LogP contribution < -0.4 is 0 Å². The van der Waals surface area contributed by atoms with Gasteiger partial charge in [-0.3, -0.25) is 0 Å². The second kappa shape index (κ2) is 26.9. The van der Waals surface area contributed by atoms with Crippen LogP contribution >= 0.6 is 0 Å². The third-order valence-electron chi connectivity index (χ3n) is 5.21. The third kappa shape index (κ3) is 23.6. The van der Waals surface area contributed by atoms with Crippen LogP contribution in [0.25, 0.3) is 0 Å². The van der Waals surface area contributed by atoms with E-state index < -0.39 is 12.6 Å². The summed E-state index contributed by atoms with van der Waals surface area (Å²) in [5.74, 6) is 0. The van der Waals surface area contributed by atoms with Crippen molar-refractivity contribution in [1.29, 1.82) is 0 Å². The molecule has 2 unspecified atom stereocenters. The minimum atomic E-state index is -0.401. The summed E-state index contributed by atoms with van der Waals surface area (Å²) < 4.78 is 17.9. The largest absolute Gasteiger partial charge is 0.349 e. The SMILES string of the molecule is CCCOC(C=CCCCCCCCC=O)OC(C=CCCCCCCCC=O)OCCC. The van der Waals surface area contributed by atoms with E-state index in [0.717, 1.165) is 76.8 Å². The molecular formula is C28H50O5. The molecule has 0 N–H and O–H groups in total. The van der Waals surface area contributed by atoms with E-state index in [2.05, 4.69) is 26.0 Å². The van der Waals surface area contributed by atoms with E-state index in [0.29, 0.717) is 26.1 Å². The summed E-state index contributed by atoms with van der Waals surface area (Å²) in [6.07, 6.45) is 26.1. The Kier molecular flexibility index (Phi) is 25.9. The van der Waals surface area contributed by atoms with Crippen molar-refractivity contribution >= 4 is 12.6 Å². The van der Waals surface area contributed by atoms with E-state index in [-0.39, 0.29) is 0 Å². The number of allylic oxidation sites excluding steroid dienone is 2. The summed E-state index contributed by atoms with van der Waals surface area (Å²) in [6, 6.07) is 0. The van der Waals surface area contributed by atoms with Crippen LogP contribution in [0, 0.1) is 0 Å². The van der Waals surface area contributed by atoms with Crippen molar-refractivity contribution < 1.29 is 23.8 Å². The zero-order valence-corrected chi connectivity index (χ0v) is 21.4. The van der Waals surface area contributed by atoms with E-state index >= 15 is 0 Å². The summed E-state index contributed by atoms with van der Waals surface area (Å²) >= 11 is 0. The van der Waals surface area contributed by atoms with Crippen molar-refractivity contribution in [2.24, 2.45) is 0 Å². The number of ether oxygens (including phenoxy) is 3. The van der Waals surface area contributed by atoms with Crippen LogP contribution in [-0.4, -0.2) is 38.4 Å². The molecule has 0 aliphatic carbocycles. The van der Waals surface area contributed by atoms with Gasteiger partial charge in [-0.05, 0) is 63.5 Å². The van der Waals surface area contributed by atoms with Gasteiger partial charge in [0.1, 0.15) is 12.6 Å². The molecule has 5 nitrogen and oxygen atoms in total. The van der Waals surface area contributed by atoms with Gasteiger partial charge in [0.25, 0.3) is 0 Å². The summed E-state index contributed by atoms with van der Waals surface area (Å²) in [5.41, 5.74) is 0. The molecule has 0 radical (unpaired) electrons. The van der Waals surface area contributed by atoms with Gasteiger partial charge in [0.2, 0.25) is 0 Å². The fourth-order valence-electron chi connectivity index (χ4n) is 3.34. The van der Waals surface area contributed by atoms with Crippen LogP contribution in [0.5, 0.6) is 0 Å². The second-order valence-electron chi connectivity index (χ2n) is 8.49. The van der Waals surface area contributed by atoms with Crippen LogP contribution in [0.15, 0.2) is 24.3 Å². The first-order valence-electron chi connectivity index (χ1n) is 13.4. The summed E-state index contributed by atoms with van der Waals surface area (Å²) in [5, 5.41) is 0. The number of unbranched alkanes of at least 4 members (excludes halogenated alkanes) is 12. The van der Waals surface area contributed by atoms with Gasteiger partial charge in [0.05, 0.1) is 0 Å². The lowest BCUT2D eigenvalue weighted by Crippen LogP contribution is -2.25. The van der Waals surface area contributed by atoms with Crippen LogP contribution in [0.1, 0.15) is 117 Å². The van der Waals surface area contributed by atoms with E-state index in [9.17, 15) is 9.59 Å². The number of hydrogen-bond acceptors (Lipinski definition) is 5. The first kappa shape index (κ1) is 31.7. The lowest BCUT2D eigenvalue weighted by Gasteiger charge is -2.21. The summed E-state index contributed by atoms with van der Waals surface area (Å²) in [4.78, 5) is 20.7. The van der Waals surface area contributed by atoms with E-state index in [1.165, 1.54) is 25.7 Å². The standard InChI is InChI=1S/C28H50O5/c1-3-25-31-27(21-17-13-9-5-7-11-15-19-23-29)33-28(32-26-4-2)22-18-14-10-6-8-12-16-20-24-30/h17-18,21-24,27-28H,3-16,19-20,25-26H2,1-2H3. The molecule has 0 aromatic rings. The maximum Gasteiger partial charge on any atom is 0.180 e. The van der Waals surface area contributed by atoms with Crippen LogP contribution in [-0.2, 0) is 23.8 Å². The average Bonchev–Trinajstić information content (AvgIpc) is 2.83. The lowest BCUT2D eigenvalue weighted by molar-refractivity contribution is -0.207. The highest BCUT2D eigenvalue weighted by Crippen LogP contribution is 2.12. The predicted molar refractivity (Wildman–Crippen MR) is 136 cm³/mol. The van der Waals surface area contributed by atoms with Gasteiger partial charge in [0.15, 0.2) is 12.6 Å². The minimum Gasteiger partial charge on any atom is -0.349 e. The molecule has 33 heavy (non-hydrogen) atoms. The molecule has 0 saturated carbocycles. The number of aldehydes is 2. The molecule has 0 rings (SSSR count). The highest BCUT2D eigenvalue weighted by Gasteiger charge is 2.13. The molecule has 0 heterocycles. The fourth-order valence-corrected chi connectivity index (χ4v) is 3.34. The van der Waals surface area contributed by atoms with E-state index in [1.54, 1.807) is 0 Å². The first-order chi connectivity index (χ1) is 16.3. The Morgan fingerprint density at radius 3 is 1.27 bits per heavy atom. The van der Waals surface area contributed by atoms with Crippen molar-refractivity contribution in [3.8, 4) is 0 Å².